The monoisotopic (exact) mass is 140 g/mol. The van der Waals surface area contributed by atoms with Crippen LogP contribution in [0.25, 0.3) is 0 Å². The Morgan fingerprint density at radius 3 is 2.20 bits per heavy atom. The summed E-state index contributed by atoms with van der Waals surface area (Å²) in [5, 5.41) is 7.02. The normalized spacial score (nSPS) is 13.2. The molecule has 0 saturated carbocycles. The van der Waals surface area contributed by atoms with E-state index >= 15 is 0 Å². The minimum absolute atomic E-state index is 0.358. The second-order valence-corrected chi connectivity index (χ2v) is 2.63. The van der Waals surface area contributed by atoms with Gasteiger partial charge in [-0.1, -0.05) is 20.8 Å². The van der Waals surface area contributed by atoms with E-state index in [0.29, 0.717) is 5.92 Å². The SMILES string of the molecule is CC/C(C=N)=C(/N)C(C)C. The molecule has 0 atom stereocenters. The highest BCUT2D eigenvalue weighted by Crippen LogP contribution is 2.09. The Kier molecular flexibility index (Phi) is 3.77. The average Bonchev–Trinajstić information content (AvgIpc) is 1.90. The van der Waals surface area contributed by atoms with E-state index in [0.717, 1.165) is 17.7 Å². The van der Waals surface area contributed by atoms with Crippen molar-refractivity contribution in [2.45, 2.75) is 27.2 Å². The van der Waals surface area contributed by atoms with Gasteiger partial charge in [0.05, 0.1) is 0 Å². The van der Waals surface area contributed by atoms with Crippen molar-refractivity contribution in [3.05, 3.63) is 11.3 Å². The third-order valence-corrected chi connectivity index (χ3v) is 1.55. The Labute approximate surface area is 62.6 Å². The van der Waals surface area contributed by atoms with Crippen LogP contribution in [0.15, 0.2) is 11.3 Å². The Bertz CT molecular complexity index is 145. The van der Waals surface area contributed by atoms with Crippen molar-refractivity contribution in [2.75, 3.05) is 0 Å². The van der Waals surface area contributed by atoms with Crippen LogP contribution in [0.4, 0.5) is 0 Å². The zero-order valence-corrected chi connectivity index (χ0v) is 6.94. The lowest BCUT2D eigenvalue weighted by atomic mass is 10.0. The molecule has 0 aromatic rings. The summed E-state index contributed by atoms with van der Waals surface area (Å²) in [6, 6.07) is 0. The lowest BCUT2D eigenvalue weighted by molar-refractivity contribution is 0.745. The Hall–Kier alpha value is -0.790. The molecule has 0 spiro atoms. The third-order valence-electron chi connectivity index (χ3n) is 1.55. The molecule has 0 aliphatic heterocycles. The molecule has 0 aromatic carbocycles. The van der Waals surface area contributed by atoms with Gasteiger partial charge in [0, 0.05) is 11.9 Å². The van der Waals surface area contributed by atoms with Gasteiger partial charge in [-0.05, 0) is 17.9 Å². The van der Waals surface area contributed by atoms with Gasteiger partial charge in [-0.3, -0.25) is 0 Å². The molecule has 0 saturated heterocycles. The van der Waals surface area contributed by atoms with Gasteiger partial charge in [0.2, 0.25) is 0 Å². The molecule has 0 fully saturated rings. The van der Waals surface area contributed by atoms with Gasteiger partial charge in [0.15, 0.2) is 0 Å². The first-order chi connectivity index (χ1) is 4.63. The topological polar surface area (TPSA) is 49.9 Å². The molecule has 3 N–H and O–H groups in total. The zero-order valence-electron chi connectivity index (χ0n) is 6.94. The first-order valence-corrected chi connectivity index (χ1v) is 3.62. The molecular weight excluding hydrogens is 124 g/mol. The number of allylic oxidation sites excluding steroid dienone is 2. The fourth-order valence-electron chi connectivity index (χ4n) is 0.760. The predicted octanol–water partition coefficient (Wildman–Crippen LogP) is 1.91. The molecule has 0 radical (unpaired) electrons. The lowest BCUT2D eigenvalue weighted by Crippen LogP contribution is -2.09. The van der Waals surface area contributed by atoms with E-state index in [1.54, 1.807) is 0 Å². The van der Waals surface area contributed by atoms with Crippen LogP contribution in [0, 0.1) is 11.3 Å². The lowest BCUT2D eigenvalue weighted by Gasteiger charge is -2.08. The summed E-state index contributed by atoms with van der Waals surface area (Å²) in [4.78, 5) is 0. The summed E-state index contributed by atoms with van der Waals surface area (Å²) < 4.78 is 0. The fourth-order valence-corrected chi connectivity index (χ4v) is 0.760. The summed E-state index contributed by atoms with van der Waals surface area (Å²) in [6.07, 6.45) is 2.20. The predicted molar refractivity (Wildman–Crippen MR) is 45.1 cm³/mol. The summed E-state index contributed by atoms with van der Waals surface area (Å²) >= 11 is 0. The summed E-state index contributed by atoms with van der Waals surface area (Å²) in [5.74, 6) is 0.358. The van der Waals surface area contributed by atoms with Crippen molar-refractivity contribution in [3.63, 3.8) is 0 Å². The summed E-state index contributed by atoms with van der Waals surface area (Å²) in [7, 11) is 0. The fraction of sp³-hybridized carbons (Fsp3) is 0.625. The first-order valence-electron chi connectivity index (χ1n) is 3.62. The molecular formula is C8H16N2. The van der Waals surface area contributed by atoms with Crippen LogP contribution in [-0.4, -0.2) is 6.21 Å². The van der Waals surface area contributed by atoms with Crippen molar-refractivity contribution in [3.8, 4) is 0 Å². The standard InChI is InChI=1S/C8H16N2/c1-4-7(5-9)8(10)6(2)3/h5-6,9H,4,10H2,1-3H3/b8-7-,9-5?. The van der Waals surface area contributed by atoms with Gasteiger partial charge < -0.3 is 11.1 Å². The number of nitrogens with two attached hydrogens (primary N) is 1. The van der Waals surface area contributed by atoms with Crippen molar-refractivity contribution < 1.29 is 0 Å². The van der Waals surface area contributed by atoms with E-state index in [9.17, 15) is 0 Å². The maximum absolute atomic E-state index is 7.02. The summed E-state index contributed by atoms with van der Waals surface area (Å²) in [5.41, 5.74) is 7.51. The second-order valence-electron chi connectivity index (χ2n) is 2.63. The highest BCUT2D eigenvalue weighted by molar-refractivity contribution is 5.76. The van der Waals surface area contributed by atoms with E-state index in [-0.39, 0.29) is 0 Å². The summed E-state index contributed by atoms with van der Waals surface area (Å²) in [6.45, 7) is 6.08. The Morgan fingerprint density at radius 1 is 1.60 bits per heavy atom. The minimum atomic E-state index is 0.358. The van der Waals surface area contributed by atoms with Crippen LogP contribution < -0.4 is 5.73 Å². The zero-order chi connectivity index (χ0) is 8.15. The Morgan fingerprint density at radius 2 is 2.10 bits per heavy atom. The third kappa shape index (κ3) is 2.21. The molecule has 0 amide bonds. The van der Waals surface area contributed by atoms with Crippen LogP contribution in [0.5, 0.6) is 0 Å². The molecule has 0 aliphatic rings. The Balaban J connectivity index is 4.42. The van der Waals surface area contributed by atoms with Crippen molar-refractivity contribution >= 4 is 6.21 Å². The van der Waals surface area contributed by atoms with Gasteiger partial charge in [-0.25, -0.2) is 0 Å². The van der Waals surface area contributed by atoms with Crippen molar-refractivity contribution in [2.24, 2.45) is 11.7 Å². The van der Waals surface area contributed by atoms with Crippen LogP contribution >= 0.6 is 0 Å². The van der Waals surface area contributed by atoms with Gasteiger partial charge >= 0.3 is 0 Å². The second kappa shape index (κ2) is 4.09. The smallest absolute Gasteiger partial charge is 0.0227 e. The highest BCUT2D eigenvalue weighted by atomic mass is 14.6. The van der Waals surface area contributed by atoms with Crippen LogP contribution in [-0.2, 0) is 0 Å². The van der Waals surface area contributed by atoms with Gasteiger partial charge in [-0.15, -0.1) is 0 Å². The van der Waals surface area contributed by atoms with Crippen molar-refractivity contribution in [1.82, 2.24) is 0 Å². The number of hydrogen-bond acceptors (Lipinski definition) is 2. The molecule has 0 rings (SSSR count). The molecule has 0 aromatic heterocycles. The van der Waals surface area contributed by atoms with Gasteiger partial charge in [0.1, 0.15) is 0 Å². The number of nitrogens with one attached hydrogen (secondary N) is 1. The maximum atomic E-state index is 7.02. The van der Waals surface area contributed by atoms with Crippen molar-refractivity contribution in [1.29, 1.82) is 5.41 Å². The van der Waals surface area contributed by atoms with E-state index in [2.05, 4.69) is 0 Å². The average molecular weight is 140 g/mol. The van der Waals surface area contributed by atoms with Gasteiger partial charge in [-0.2, -0.15) is 0 Å². The highest BCUT2D eigenvalue weighted by Gasteiger charge is 2.01. The molecule has 2 nitrogen and oxygen atoms in total. The van der Waals surface area contributed by atoms with E-state index in [4.69, 9.17) is 11.1 Å². The number of hydrogen-bond donors (Lipinski definition) is 2. The largest absolute Gasteiger partial charge is 0.402 e. The van der Waals surface area contributed by atoms with Gasteiger partial charge in [0.25, 0.3) is 0 Å². The minimum Gasteiger partial charge on any atom is -0.402 e. The van der Waals surface area contributed by atoms with E-state index in [1.807, 2.05) is 20.8 Å². The molecule has 2 heteroatoms. The first kappa shape index (κ1) is 9.21. The molecule has 0 bridgehead atoms. The van der Waals surface area contributed by atoms with Crippen LogP contribution in [0.1, 0.15) is 27.2 Å². The van der Waals surface area contributed by atoms with E-state index in [1.165, 1.54) is 6.21 Å². The quantitative estimate of drug-likeness (QED) is 0.578. The van der Waals surface area contributed by atoms with E-state index < -0.39 is 0 Å². The molecule has 10 heavy (non-hydrogen) atoms. The molecule has 0 unspecified atom stereocenters. The number of rotatable bonds is 3. The molecule has 0 aliphatic carbocycles. The maximum Gasteiger partial charge on any atom is 0.0227 e. The molecule has 58 valence electrons. The van der Waals surface area contributed by atoms with Crippen LogP contribution in [0.3, 0.4) is 0 Å². The van der Waals surface area contributed by atoms with Crippen LogP contribution in [0.2, 0.25) is 0 Å². The molecule has 0 heterocycles.